The molecular weight excluding hydrogens is 244 g/mol. The summed E-state index contributed by atoms with van der Waals surface area (Å²) in [7, 11) is 2.06. The fourth-order valence-corrected chi connectivity index (χ4v) is 2.44. The van der Waals surface area contributed by atoms with Crippen LogP contribution in [0.5, 0.6) is 0 Å². The van der Waals surface area contributed by atoms with E-state index >= 15 is 0 Å². The van der Waals surface area contributed by atoms with Crippen LogP contribution in [0.25, 0.3) is 0 Å². The number of rotatable bonds is 1. The number of likely N-dealkylation sites (N-methyl/N-ethyl adjacent to an activating group) is 1. The van der Waals surface area contributed by atoms with Gasteiger partial charge in [-0.3, -0.25) is 4.79 Å². The SMILES string of the molecule is CN1CCc2cnc(C(=O)N3CCOCC3)nc2C1. The highest BCUT2D eigenvalue weighted by atomic mass is 16.5. The number of carbonyl (C=O) groups excluding carboxylic acids is 1. The monoisotopic (exact) mass is 262 g/mol. The van der Waals surface area contributed by atoms with Crippen LogP contribution >= 0.6 is 0 Å². The van der Waals surface area contributed by atoms with Crippen LogP contribution in [0, 0.1) is 0 Å². The molecule has 102 valence electrons. The van der Waals surface area contributed by atoms with Crippen LogP contribution in [-0.4, -0.2) is 65.6 Å². The van der Waals surface area contributed by atoms with Crippen molar-refractivity contribution in [2.75, 3.05) is 39.9 Å². The van der Waals surface area contributed by atoms with Crippen molar-refractivity contribution in [1.29, 1.82) is 0 Å². The number of hydrogen-bond acceptors (Lipinski definition) is 5. The van der Waals surface area contributed by atoms with E-state index in [1.807, 2.05) is 6.20 Å². The molecule has 6 heteroatoms. The molecule has 3 heterocycles. The fraction of sp³-hybridized carbons (Fsp3) is 0.615. The van der Waals surface area contributed by atoms with E-state index in [0.717, 1.165) is 30.8 Å². The molecule has 0 bridgehead atoms. The first kappa shape index (κ1) is 12.5. The Kier molecular flexibility index (Phi) is 3.44. The van der Waals surface area contributed by atoms with E-state index in [4.69, 9.17) is 4.74 Å². The van der Waals surface area contributed by atoms with Gasteiger partial charge in [0.15, 0.2) is 0 Å². The summed E-state index contributed by atoms with van der Waals surface area (Å²) in [6.07, 6.45) is 2.76. The molecule has 1 aromatic rings. The molecular formula is C13H18N4O2. The van der Waals surface area contributed by atoms with E-state index < -0.39 is 0 Å². The van der Waals surface area contributed by atoms with Crippen molar-refractivity contribution in [2.24, 2.45) is 0 Å². The van der Waals surface area contributed by atoms with Gasteiger partial charge in [-0.2, -0.15) is 0 Å². The maximum absolute atomic E-state index is 12.3. The molecule has 0 saturated carbocycles. The van der Waals surface area contributed by atoms with E-state index in [1.54, 1.807) is 4.90 Å². The van der Waals surface area contributed by atoms with Crippen LogP contribution in [0.15, 0.2) is 6.20 Å². The molecule has 0 radical (unpaired) electrons. The summed E-state index contributed by atoms with van der Waals surface area (Å²) in [6.45, 7) is 4.26. The van der Waals surface area contributed by atoms with Crippen LogP contribution in [0.1, 0.15) is 21.9 Å². The lowest BCUT2D eigenvalue weighted by molar-refractivity contribution is 0.0294. The molecule has 1 fully saturated rings. The van der Waals surface area contributed by atoms with E-state index in [2.05, 4.69) is 21.9 Å². The number of amides is 1. The summed E-state index contributed by atoms with van der Waals surface area (Å²) in [5.74, 6) is 0.232. The second-order valence-electron chi connectivity index (χ2n) is 5.06. The van der Waals surface area contributed by atoms with Gasteiger partial charge in [-0.15, -0.1) is 0 Å². The van der Waals surface area contributed by atoms with Gasteiger partial charge in [0, 0.05) is 32.4 Å². The lowest BCUT2D eigenvalue weighted by atomic mass is 10.1. The van der Waals surface area contributed by atoms with E-state index in [0.29, 0.717) is 32.1 Å². The summed E-state index contributed by atoms with van der Waals surface area (Å²) in [5.41, 5.74) is 2.15. The number of morpholine rings is 1. The Morgan fingerprint density at radius 3 is 2.89 bits per heavy atom. The quantitative estimate of drug-likeness (QED) is 0.709. The Hall–Kier alpha value is -1.53. The zero-order valence-electron chi connectivity index (χ0n) is 11.1. The maximum Gasteiger partial charge on any atom is 0.291 e. The van der Waals surface area contributed by atoms with E-state index in [9.17, 15) is 4.79 Å². The predicted molar refractivity (Wildman–Crippen MR) is 68.8 cm³/mol. The van der Waals surface area contributed by atoms with Gasteiger partial charge in [0.05, 0.1) is 18.9 Å². The van der Waals surface area contributed by atoms with Crippen molar-refractivity contribution in [3.63, 3.8) is 0 Å². The van der Waals surface area contributed by atoms with Crippen molar-refractivity contribution < 1.29 is 9.53 Å². The predicted octanol–water partition coefficient (Wildman–Crippen LogP) is -0.0631. The van der Waals surface area contributed by atoms with Crippen molar-refractivity contribution in [1.82, 2.24) is 19.8 Å². The van der Waals surface area contributed by atoms with Gasteiger partial charge in [0.25, 0.3) is 5.91 Å². The number of ether oxygens (including phenoxy) is 1. The first-order chi connectivity index (χ1) is 9.24. The maximum atomic E-state index is 12.3. The minimum atomic E-state index is -0.0840. The molecule has 1 aromatic heterocycles. The summed E-state index contributed by atoms with van der Waals surface area (Å²) >= 11 is 0. The van der Waals surface area contributed by atoms with Crippen LogP contribution in [0.3, 0.4) is 0 Å². The molecule has 19 heavy (non-hydrogen) atoms. The third kappa shape index (κ3) is 2.59. The number of fused-ring (bicyclic) bond motifs is 1. The molecule has 0 unspecified atom stereocenters. The average Bonchev–Trinajstić information content (AvgIpc) is 2.46. The molecule has 0 aromatic carbocycles. The van der Waals surface area contributed by atoms with Crippen molar-refractivity contribution >= 4 is 5.91 Å². The molecule has 1 amide bonds. The normalized spacial score (nSPS) is 20.2. The van der Waals surface area contributed by atoms with E-state index in [1.165, 1.54) is 0 Å². The summed E-state index contributed by atoms with van der Waals surface area (Å²) < 4.78 is 5.25. The second kappa shape index (κ2) is 5.22. The number of aromatic nitrogens is 2. The highest BCUT2D eigenvalue weighted by Crippen LogP contribution is 2.15. The Morgan fingerprint density at radius 2 is 2.11 bits per heavy atom. The van der Waals surface area contributed by atoms with Gasteiger partial charge in [-0.1, -0.05) is 0 Å². The fourth-order valence-electron chi connectivity index (χ4n) is 2.44. The van der Waals surface area contributed by atoms with Gasteiger partial charge in [-0.25, -0.2) is 9.97 Å². The molecule has 0 spiro atoms. The Bertz CT molecular complexity index is 486. The van der Waals surface area contributed by atoms with Crippen molar-refractivity contribution in [2.45, 2.75) is 13.0 Å². The molecule has 0 N–H and O–H groups in total. The highest BCUT2D eigenvalue weighted by molar-refractivity contribution is 5.90. The molecule has 0 atom stereocenters. The van der Waals surface area contributed by atoms with Crippen LogP contribution in [0.4, 0.5) is 0 Å². The number of hydrogen-bond donors (Lipinski definition) is 0. The lowest BCUT2D eigenvalue weighted by Crippen LogP contribution is -2.41. The minimum Gasteiger partial charge on any atom is -0.378 e. The van der Waals surface area contributed by atoms with Crippen LogP contribution in [-0.2, 0) is 17.7 Å². The topological polar surface area (TPSA) is 58.6 Å². The van der Waals surface area contributed by atoms with Crippen LogP contribution < -0.4 is 0 Å². The molecule has 2 aliphatic rings. The van der Waals surface area contributed by atoms with Gasteiger partial charge in [0.1, 0.15) is 0 Å². The van der Waals surface area contributed by atoms with Crippen LogP contribution in [0.2, 0.25) is 0 Å². The van der Waals surface area contributed by atoms with Gasteiger partial charge in [-0.05, 0) is 19.0 Å². The Morgan fingerprint density at radius 1 is 1.32 bits per heavy atom. The average molecular weight is 262 g/mol. The van der Waals surface area contributed by atoms with Crippen molar-refractivity contribution in [3.8, 4) is 0 Å². The largest absolute Gasteiger partial charge is 0.378 e. The Balaban J connectivity index is 1.81. The molecule has 6 nitrogen and oxygen atoms in total. The standard InChI is InChI=1S/C13H18N4O2/c1-16-3-2-10-8-14-12(15-11(10)9-16)13(18)17-4-6-19-7-5-17/h8H,2-7,9H2,1H3. The third-order valence-corrected chi connectivity index (χ3v) is 3.63. The number of nitrogens with zero attached hydrogens (tertiary/aromatic N) is 4. The summed E-state index contributed by atoms with van der Waals surface area (Å²) in [4.78, 5) is 25.0. The minimum absolute atomic E-state index is 0.0840. The molecule has 2 aliphatic heterocycles. The summed E-state index contributed by atoms with van der Waals surface area (Å²) in [5, 5.41) is 0. The first-order valence-corrected chi connectivity index (χ1v) is 6.64. The van der Waals surface area contributed by atoms with Gasteiger partial charge < -0.3 is 14.5 Å². The summed E-state index contributed by atoms with van der Waals surface area (Å²) in [6, 6.07) is 0. The third-order valence-electron chi connectivity index (χ3n) is 3.63. The van der Waals surface area contributed by atoms with E-state index in [-0.39, 0.29) is 5.91 Å². The molecule has 1 saturated heterocycles. The first-order valence-electron chi connectivity index (χ1n) is 6.64. The smallest absolute Gasteiger partial charge is 0.291 e. The number of carbonyl (C=O) groups is 1. The lowest BCUT2D eigenvalue weighted by Gasteiger charge is -2.27. The highest BCUT2D eigenvalue weighted by Gasteiger charge is 2.23. The van der Waals surface area contributed by atoms with Gasteiger partial charge >= 0.3 is 0 Å². The molecule has 0 aliphatic carbocycles. The zero-order valence-corrected chi connectivity index (χ0v) is 11.1. The Labute approximate surface area is 112 Å². The second-order valence-corrected chi connectivity index (χ2v) is 5.06. The van der Waals surface area contributed by atoms with Crippen molar-refractivity contribution in [3.05, 3.63) is 23.3 Å². The molecule has 3 rings (SSSR count). The van der Waals surface area contributed by atoms with Gasteiger partial charge in [0.2, 0.25) is 5.82 Å². The zero-order chi connectivity index (χ0) is 13.2.